The zero-order chi connectivity index (χ0) is 5.54. The van der Waals surface area contributed by atoms with Crippen LogP contribution in [0.3, 0.4) is 0 Å². The van der Waals surface area contributed by atoms with E-state index in [1.54, 1.807) is 18.5 Å². The van der Waals surface area contributed by atoms with E-state index in [0.717, 1.165) is 0 Å². The van der Waals surface area contributed by atoms with E-state index in [1.165, 1.54) is 6.21 Å². The second-order valence-corrected chi connectivity index (χ2v) is 0.897. The van der Waals surface area contributed by atoms with Crippen LogP contribution in [0.2, 0.25) is 0 Å². The van der Waals surface area contributed by atoms with Crippen molar-refractivity contribution in [1.29, 1.82) is 5.41 Å². The Bertz CT molecular complexity index is 84.1. The molecule has 0 spiro atoms. The van der Waals surface area contributed by atoms with Gasteiger partial charge in [0.1, 0.15) is 0 Å². The zero-order valence-electron chi connectivity index (χ0n) is 4.02. The summed E-state index contributed by atoms with van der Waals surface area (Å²) in [6, 6.07) is 0. The molecule has 0 aliphatic heterocycles. The lowest BCUT2D eigenvalue weighted by atomic mass is 10.7. The van der Waals surface area contributed by atoms with Gasteiger partial charge in [-0.15, -0.1) is 0 Å². The van der Waals surface area contributed by atoms with Crippen molar-refractivity contribution >= 4 is 6.21 Å². The van der Waals surface area contributed by atoms with Gasteiger partial charge in [0.25, 0.3) is 0 Å². The highest BCUT2D eigenvalue weighted by molar-refractivity contribution is 5.67. The van der Waals surface area contributed by atoms with Crippen molar-refractivity contribution in [3.05, 3.63) is 25.1 Å². The number of allylic oxidation sites excluding steroid dienone is 1. The van der Waals surface area contributed by atoms with Gasteiger partial charge < -0.3 is 10.7 Å². The smallest absolute Gasteiger partial charge is 0.0192 e. The van der Waals surface area contributed by atoms with Crippen LogP contribution in [-0.2, 0) is 0 Å². The molecule has 0 aliphatic rings. The van der Waals surface area contributed by atoms with E-state index in [4.69, 9.17) is 5.41 Å². The maximum absolute atomic E-state index is 6.49. The van der Waals surface area contributed by atoms with Crippen LogP contribution in [0.5, 0.6) is 0 Å². The highest BCUT2D eigenvalue weighted by Gasteiger charge is 1.55. The van der Waals surface area contributed by atoms with Gasteiger partial charge in [0, 0.05) is 12.4 Å². The molecule has 0 aromatic heterocycles. The van der Waals surface area contributed by atoms with Gasteiger partial charge >= 0.3 is 0 Å². The summed E-state index contributed by atoms with van der Waals surface area (Å²) in [6.07, 6.45) is 5.93. The third-order valence-electron chi connectivity index (χ3n) is 0.407. The van der Waals surface area contributed by atoms with Gasteiger partial charge in [-0.2, -0.15) is 0 Å². The minimum absolute atomic E-state index is 1.19. The van der Waals surface area contributed by atoms with Crippen molar-refractivity contribution in [2.24, 2.45) is 0 Å². The van der Waals surface area contributed by atoms with Gasteiger partial charge in [-0.25, -0.2) is 0 Å². The fourth-order valence-corrected chi connectivity index (χ4v) is 0.172. The molecule has 0 amide bonds. The fraction of sp³-hybridized carbons (Fsp3) is 0. The average Bonchev–Trinajstić information content (AvgIpc) is 1.69. The molecule has 7 heavy (non-hydrogen) atoms. The molecule has 0 saturated heterocycles. The SMILES string of the molecule is C=CN/C=C\C=N. The summed E-state index contributed by atoms with van der Waals surface area (Å²) >= 11 is 0. The highest BCUT2D eigenvalue weighted by atomic mass is 14.8. The van der Waals surface area contributed by atoms with Gasteiger partial charge in [0.15, 0.2) is 0 Å². The Kier molecular flexibility index (Phi) is 4.21. The molecule has 2 nitrogen and oxygen atoms in total. The molecule has 2 N–H and O–H groups in total. The van der Waals surface area contributed by atoms with Crippen LogP contribution >= 0.6 is 0 Å². The summed E-state index contributed by atoms with van der Waals surface area (Å²) in [7, 11) is 0. The topological polar surface area (TPSA) is 35.9 Å². The number of hydrogen-bond acceptors (Lipinski definition) is 2. The molecule has 0 fully saturated rings. The molecule has 0 radical (unpaired) electrons. The lowest BCUT2D eigenvalue weighted by Gasteiger charge is -1.79. The predicted molar refractivity (Wildman–Crippen MR) is 31.3 cm³/mol. The molecule has 0 aliphatic carbocycles. The van der Waals surface area contributed by atoms with Crippen LogP contribution in [0, 0.1) is 5.41 Å². The van der Waals surface area contributed by atoms with E-state index in [-0.39, 0.29) is 0 Å². The van der Waals surface area contributed by atoms with Crippen LogP contribution in [-0.4, -0.2) is 6.21 Å². The predicted octanol–water partition coefficient (Wildman–Crippen LogP) is 0.883. The molecule has 0 bridgehead atoms. The first-order chi connectivity index (χ1) is 3.41. The Balaban J connectivity index is 3.08. The van der Waals surface area contributed by atoms with Crippen molar-refractivity contribution in [2.45, 2.75) is 0 Å². The molecule has 0 unspecified atom stereocenters. The normalized spacial score (nSPS) is 8.57. The van der Waals surface area contributed by atoms with Crippen molar-refractivity contribution in [3.63, 3.8) is 0 Å². The molecule has 2 heteroatoms. The summed E-state index contributed by atoms with van der Waals surface area (Å²) in [6.45, 7) is 3.40. The van der Waals surface area contributed by atoms with Crippen molar-refractivity contribution in [2.75, 3.05) is 0 Å². The number of nitrogens with one attached hydrogen (secondary N) is 2. The molecular weight excluding hydrogens is 88.1 g/mol. The lowest BCUT2D eigenvalue weighted by molar-refractivity contribution is 1.21. The first-order valence-electron chi connectivity index (χ1n) is 1.94. The monoisotopic (exact) mass is 96.1 g/mol. The molecule has 0 rings (SSSR count). The van der Waals surface area contributed by atoms with Gasteiger partial charge in [-0.3, -0.25) is 0 Å². The molecule has 0 aromatic rings. The minimum atomic E-state index is 1.19. The first-order valence-corrected chi connectivity index (χ1v) is 1.94. The third kappa shape index (κ3) is 4.95. The molecule has 0 saturated carbocycles. The molecule has 0 atom stereocenters. The standard InChI is InChI=1S/C5H8N2/c1-2-7-5-3-4-6/h2-7H,1H2/b5-3-,6-4?. The van der Waals surface area contributed by atoms with Gasteiger partial charge in [-0.1, -0.05) is 6.58 Å². The fourth-order valence-electron chi connectivity index (χ4n) is 0.172. The van der Waals surface area contributed by atoms with Crippen LogP contribution in [0.25, 0.3) is 0 Å². The van der Waals surface area contributed by atoms with Gasteiger partial charge in [0.05, 0.1) is 0 Å². The first kappa shape index (κ1) is 5.95. The maximum atomic E-state index is 6.49. The summed E-state index contributed by atoms with van der Waals surface area (Å²) in [4.78, 5) is 0. The lowest BCUT2D eigenvalue weighted by Crippen LogP contribution is -1.88. The summed E-state index contributed by atoms with van der Waals surface area (Å²) < 4.78 is 0. The van der Waals surface area contributed by atoms with Crippen LogP contribution in [0.4, 0.5) is 0 Å². The largest absolute Gasteiger partial charge is 0.368 e. The molecule has 0 aromatic carbocycles. The van der Waals surface area contributed by atoms with Crippen LogP contribution in [0.1, 0.15) is 0 Å². The maximum Gasteiger partial charge on any atom is 0.0192 e. The van der Waals surface area contributed by atoms with E-state index < -0.39 is 0 Å². The van der Waals surface area contributed by atoms with Gasteiger partial charge in [0.2, 0.25) is 0 Å². The van der Waals surface area contributed by atoms with Gasteiger partial charge in [-0.05, 0) is 12.3 Å². The molecule has 38 valence electrons. The van der Waals surface area contributed by atoms with Crippen molar-refractivity contribution < 1.29 is 0 Å². The van der Waals surface area contributed by atoms with E-state index in [0.29, 0.717) is 0 Å². The average molecular weight is 96.1 g/mol. The molecule has 0 heterocycles. The van der Waals surface area contributed by atoms with E-state index in [2.05, 4.69) is 11.9 Å². The quantitative estimate of drug-likeness (QED) is 0.503. The Morgan fingerprint density at radius 3 is 2.71 bits per heavy atom. The zero-order valence-corrected chi connectivity index (χ0v) is 4.02. The summed E-state index contributed by atoms with van der Waals surface area (Å²) in [5.41, 5.74) is 0. The van der Waals surface area contributed by atoms with Crippen molar-refractivity contribution in [3.8, 4) is 0 Å². The Morgan fingerprint density at radius 2 is 2.29 bits per heavy atom. The summed E-state index contributed by atoms with van der Waals surface area (Å²) in [5, 5.41) is 9.18. The second kappa shape index (κ2) is 4.95. The Labute approximate surface area is 43.1 Å². The Hall–Kier alpha value is -1.05. The van der Waals surface area contributed by atoms with E-state index in [9.17, 15) is 0 Å². The van der Waals surface area contributed by atoms with E-state index in [1.807, 2.05) is 0 Å². The number of hydrogen-bond donors (Lipinski definition) is 2. The van der Waals surface area contributed by atoms with Crippen LogP contribution < -0.4 is 5.32 Å². The van der Waals surface area contributed by atoms with Crippen molar-refractivity contribution in [1.82, 2.24) is 5.32 Å². The Morgan fingerprint density at radius 1 is 1.57 bits per heavy atom. The highest BCUT2D eigenvalue weighted by Crippen LogP contribution is 1.57. The number of rotatable bonds is 3. The molecular formula is C5H8N2. The summed E-state index contributed by atoms with van der Waals surface area (Å²) in [5.74, 6) is 0. The third-order valence-corrected chi connectivity index (χ3v) is 0.407. The van der Waals surface area contributed by atoms with E-state index >= 15 is 0 Å². The van der Waals surface area contributed by atoms with Crippen LogP contribution in [0.15, 0.2) is 25.1 Å². The second-order valence-electron chi connectivity index (χ2n) is 0.897. The minimum Gasteiger partial charge on any atom is -0.368 e.